The lowest BCUT2D eigenvalue weighted by Crippen LogP contribution is -2.45. The number of aryl methyl sites for hydroxylation is 1. The van der Waals surface area contributed by atoms with Crippen molar-refractivity contribution in [2.45, 2.75) is 39.8 Å². The molecule has 2 aromatic heterocycles. The van der Waals surface area contributed by atoms with Crippen LogP contribution in [0.4, 0.5) is 5.69 Å². The number of nitrogens with one attached hydrogen (secondary N) is 1. The molecule has 0 aliphatic carbocycles. The summed E-state index contributed by atoms with van der Waals surface area (Å²) in [5.41, 5.74) is 3.23. The highest BCUT2D eigenvalue weighted by Gasteiger charge is 2.33. The fourth-order valence-electron chi connectivity index (χ4n) is 3.78. The van der Waals surface area contributed by atoms with Gasteiger partial charge < -0.3 is 5.32 Å². The van der Waals surface area contributed by atoms with Gasteiger partial charge in [0.05, 0.1) is 5.52 Å². The zero-order valence-corrected chi connectivity index (χ0v) is 20.5. The summed E-state index contributed by atoms with van der Waals surface area (Å²) in [4.78, 5) is 29.7. The first-order chi connectivity index (χ1) is 16.4. The number of aromatic nitrogens is 3. The van der Waals surface area contributed by atoms with Crippen molar-refractivity contribution in [3.05, 3.63) is 76.5 Å². The number of para-hydroxylation sites is 1. The van der Waals surface area contributed by atoms with E-state index in [1.807, 2.05) is 73.0 Å². The molecule has 0 radical (unpaired) electrons. The van der Waals surface area contributed by atoms with E-state index in [1.54, 1.807) is 9.58 Å². The topological polar surface area (TPSA) is 80.1 Å². The van der Waals surface area contributed by atoms with Gasteiger partial charge in [-0.05, 0) is 55.0 Å². The Labute approximate surface area is 203 Å². The molecule has 1 unspecified atom stereocenters. The average Bonchev–Trinajstić information content (AvgIpc) is 3.48. The van der Waals surface area contributed by atoms with E-state index in [0.29, 0.717) is 18.2 Å². The summed E-state index contributed by atoms with van der Waals surface area (Å²) in [5.74, 6) is 0.0355. The second-order valence-electron chi connectivity index (χ2n) is 8.73. The zero-order chi connectivity index (χ0) is 24.1. The lowest BCUT2D eigenvalue weighted by molar-refractivity contribution is -0.126. The van der Waals surface area contributed by atoms with E-state index in [1.165, 1.54) is 11.3 Å². The SMILES string of the molecule is Cc1ccc(N(C(=O)Cn2nnc3ccccc32)C(C(=O)NCCC(C)C)c2cccs2)cc1. The Bertz CT molecular complexity index is 1250. The Hall–Kier alpha value is -3.52. The largest absolute Gasteiger partial charge is 0.354 e. The Kier molecular flexibility index (Phi) is 7.37. The average molecular weight is 476 g/mol. The predicted molar refractivity (Wildman–Crippen MR) is 136 cm³/mol. The molecule has 7 nitrogen and oxygen atoms in total. The molecule has 0 saturated carbocycles. The summed E-state index contributed by atoms with van der Waals surface area (Å²) < 4.78 is 1.58. The van der Waals surface area contributed by atoms with E-state index in [9.17, 15) is 9.59 Å². The summed E-state index contributed by atoms with van der Waals surface area (Å²) in [7, 11) is 0. The highest BCUT2D eigenvalue weighted by molar-refractivity contribution is 7.10. The molecule has 1 atom stereocenters. The summed E-state index contributed by atoms with van der Waals surface area (Å²) in [5, 5.41) is 13.3. The first-order valence-electron chi connectivity index (χ1n) is 11.4. The van der Waals surface area contributed by atoms with Crippen LogP contribution in [0.3, 0.4) is 0 Å². The van der Waals surface area contributed by atoms with Gasteiger partial charge in [0.15, 0.2) is 0 Å². The molecule has 4 rings (SSSR count). The number of benzene rings is 2. The molecule has 2 heterocycles. The van der Waals surface area contributed by atoms with Gasteiger partial charge in [-0.2, -0.15) is 0 Å². The van der Waals surface area contributed by atoms with Gasteiger partial charge in [-0.3, -0.25) is 14.5 Å². The van der Waals surface area contributed by atoms with Crippen LogP contribution in [0.2, 0.25) is 0 Å². The van der Waals surface area contributed by atoms with Crippen molar-refractivity contribution in [1.29, 1.82) is 0 Å². The Morgan fingerprint density at radius 1 is 1.06 bits per heavy atom. The third kappa shape index (κ3) is 5.34. The number of nitrogens with zero attached hydrogens (tertiary/aromatic N) is 4. The third-order valence-corrected chi connectivity index (χ3v) is 6.55. The summed E-state index contributed by atoms with van der Waals surface area (Å²) in [6.07, 6.45) is 0.867. The van der Waals surface area contributed by atoms with Crippen LogP contribution in [0.25, 0.3) is 11.0 Å². The van der Waals surface area contributed by atoms with Gasteiger partial charge >= 0.3 is 0 Å². The van der Waals surface area contributed by atoms with Crippen LogP contribution in [-0.2, 0) is 16.1 Å². The second-order valence-corrected chi connectivity index (χ2v) is 9.71. The van der Waals surface area contributed by atoms with Crippen LogP contribution in [0.15, 0.2) is 66.0 Å². The van der Waals surface area contributed by atoms with E-state index in [-0.39, 0.29) is 18.4 Å². The molecule has 0 spiro atoms. The zero-order valence-electron chi connectivity index (χ0n) is 19.6. The van der Waals surface area contributed by atoms with Gasteiger partial charge in [-0.25, -0.2) is 4.68 Å². The lowest BCUT2D eigenvalue weighted by Gasteiger charge is -2.31. The molecule has 8 heteroatoms. The van der Waals surface area contributed by atoms with Crippen LogP contribution >= 0.6 is 11.3 Å². The first kappa shape index (κ1) is 23.6. The lowest BCUT2D eigenvalue weighted by atomic mass is 10.1. The van der Waals surface area contributed by atoms with Gasteiger partial charge in [0.1, 0.15) is 18.1 Å². The number of anilines is 1. The molecule has 4 aromatic rings. The van der Waals surface area contributed by atoms with Crippen molar-refractivity contribution in [2.75, 3.05) is 11.4 Å². The van der Waals surface area contributed by atoms with Gasteiger partial charge in [-0.15, -0.1) is 16.4 Å². The molecule has 2 amide bonds. The molecular formula is C26H29N5O2S. The van der Waals surface area contributed by atoms with Crippen LogP contribution in [0.1, 0.15) is 36.8 Å². The molecule has 176 valence electrons. The number of hydrogen-bond acceptors (Lipinski definition) is 5. The third-order valence-electron chi connectivity index (χ3n) is 5.63. The molecule has 0 saturated heterocycles. The number of amides is 2. The molecular weight excluding hydrogens is 446 g/mol. The maximum absolute atomic E-state index is 13.8. The summed E-state index contributed by atoms with van der Waals surface area (Å²) in [6.45, 7) is 6.76. The van der Waals surface area contributed by atoms with Gasteiger partial charge in [0.25, 0.3) is 0 Å². The number of hydrogen-bond donors (Lipinski definition) is 1. The first-order valence-corrected chi connectivity index (χ1v) is 12.3. The maximum atomic E-state index is 13.8. The van der Waals surface area contributed by atoms with E-state index in [4.69, 9.17) is 0 Å². The molecule has 2 aromatic carbocycles. The molecule has 1 N–H and O–H groups in total. The fourth-order valence-corrected chi connectivity index (χ4v) is 4.59. The van der Waals surface area contributed by atoms with Crippen LogP contribution in [-0.4, -0.2) is 33.4 Å². The number of carbonyl (C=O) groups excluding carboxylic acids is 2. The van der Waals surface area contributed by atoms with Crippen molar-refractivity contribution in [3.8, 4) is 0 Å². The Morgan fingerprint density at radius 3 is 2.53 bits per heavy atom. The van der Waals surface area contributed by atoms with Gasteiger partial charge in [-0.1, -0.05) is 55.0 Å². The van der Waals surface area contributed by atoms with Crippen LogP contribution in [0.5, 0.6) is 0 Å². The van der Waals surface area contributed by atoms with E-state index >= 15 is 0 Å². The number of rotatable bonds is 9. The van der Waals surface area contributed by atoms with Crippen molar-refractivity contribution in [3.63, 3.8) is 0 Å². The number of carbonyl (C=O) groups is 2. The van der Waals surface area contributed by atoms with Crippen molar-refractivity contribution >= 4 is 39.9 Å². The standard InChI is InChI=1S/C26H29N5O2S/c1-18(2)14-15-27-26(33)25(23-9-6-16-34-23)31(20-12-10-19(3)11-13-20)24(32)17-30-22-8-5-4-7-21(22)28-29-30/h4-13,16,18,25H,14-15,17H2,1-3H3,(H,27,33). The monoisotopic (exact) mass is 475 g/mol. The summed E-state index contributed by atoms with van der Waals surface area (Å²) in [6, 6.07) is 18.2. The normalized spacial score (nSPS) is 12.1. The smallest absolute Gasteiger partial charge is 0.249 e. The van der Waals surface area contributed by atoms with Crippen LogP contribution in [0, 0.1) is 12.8 Å². The minimum absolute atomic E-state index is 0.0322. The molecule has 0 fully saturated rings. The molecule has 34 heavy (non-hydrogen) atoms. The van der Waals surface area contributed by atoms with Crippen LogP contribution < -0.4 is 10.2 Å². The number of fused-ring (bicyclic) bond motifs is 1. The quantitative estimate of drug-likeness (QED) is 0.379. The van der Waals surface area contributed by atoms with Crippen molar-refractivity contribution < 1.29 is 9.59 Å². The molecule has 0 aliphatic heterocycles. The minimum Gasteiger partial charge on any atom is -0.354 e. The van der Waals surface area contributed by atoms with E-state index < -0.39 is 6.04 Å². The van der Waals surface area contributed by atoms with Crippen molar-refractivity contribution in [2.24, 2.45) is 5.92 Å². The van der Waals surface area contributed by atoms with Gasteiger partial charge in [0, 0.05) is 17.1 Å². The highest BCUT2D eigenvalue weighted by atomic mass is 32.1. The molecule has 0 aliphatic rings. The molecule has 0 bridgehead atoms. The fraction of sp³-hybridized carbons (Fsp3) is 0.308. The minimum atomic E-state index is -0.780. The maximum Gasteiger partial charge on any atom is 0.249 e. The Balaban J connectivity index is 1.71. The van der Waals surface area contributed by atoms with E-state index in [0.717, 1.165) is 27.9 Å². The second kappa shape index (κ2) is 10.6. The summed E-state index contributed by atoms with van der Waals surface area (Å²) >= 11 is 1.46. The van der Waals surface area contributed by atoms with Gasteiger partial charge in [0.2, 0.25) is 11.8 Å². The number of thiophene rings is 1. The predicted octanol–water partition coefficient (Wildman–Crippen LogP) is 4.74. The van der Waals surface area contributed by atoms with E-state index in [2.05, 4.69) is 29.5 Å². The highest BCUT2D eigenvalue weighted by Crippen LogP contribution is 2.31. The Morgan fingerprint density at radius 2 is 1.82 bits per heavy atom. The van der Waals surface area contributed by atoms with Crippen molar-refractivity contribution in [1.82, 2.24) is 20.3 Å².